The number of hydrogen-bond donors (Lipinski definition) is 1. The normalized spacial score (nSPS) is 18.9. The summed E-state index contributed by atoms with van der Waals surface area (Å²) in [7, 11) is 1.91. The molecule has 1 aliphatic heterocycles. The zero-order chi connectivity index (χ0) is 12.7. The number of nitrogens with zero attached hydrogens (tertiary/aromatic N) is 5. The van der Waals surface area contributed by atoms with Gasteiger partial charge in [-0.15, -0.1) is 10.2 Å². The van der Waals surface area contributed by atoms with Crippen molar-refractivity contribution in [2.75, 3.05) is 6.61 Å². The Labute approximate surface area is 105 Å². The number of rotatable bonds is 2. The predicted octanol–water partition coefficient (Wildman–Crippen LogP) is 0.542. The Hall–Kier alpha value is -1.69. The lowest BCUT2D eigenvalue weighted by molar-refractivity contribution is 0.191. The van der Waals surface area contributed by atoms with E-state index in [1.54, 1.807) is 0 Å². The highest BCUT2D eigenvalue weighted by Gasteiger charge is 2.24. The van der Waals surface area contributed by atoms with Crippen LogP contribution < -0.4 is 0 Å². The molecule has 96 valence electrons. The van der Waals surface area contributed by atoms with Gasteiger partial charge in [0.2, 0.25) is 0 Å². The van der Waals surface area contributed by atoms with Crippen molar-refractivity contribution >= 4 is 0 Å². The van der Waals surface area contributed by atoms with Gasteiger partial charge in [0.25, 0.3) is 0 Å². The maximum atomic E-state index is 9.30. The van der Waals surface area contributed by atoms with Crippen LogP contribution in [0.15, 0.2) is 6.07 Å². The van der Waals surface area contributed by atoms with E-state index < -0.39 is 0 Å². The van der Waals surface area contributed by atoms with Crippen molar-refractivity contribution in [2.24, 2.45) is 13.0 Å². The van der Waals surface area contributed by atoms with Crippen molar-refractivity contribution in [3.8, 4) is 11.5 Å². The quantitative estimate of drug-likeness (QED) is 0.841. The van der Waals surface area contributed by atoms with E-state index in [1.807, 2.05) is 24.7 Å². The molecular formula is C12H17N5O. The van der Waals surface area contributed by atoms with Gasteiger partial charge in [-0.2, -0.15) is 5.10 Å². The second-order valence-corrected chi connectivity index (χ2v) is 4.93. The van der Waals surface area contributed by atoms with Crippen LogP contribution in [0.2, 0.25) is 0 Å². The molecular weight excluding hydrogens is 230 g/mol. The van der Waals surface area contributed by atoms with Gasteiger partial charge in [0, 0.05) is 32.5 Å². The molecule has 0 aromatic carbocycles. The van der Waals surface area contributed by atoms with E-state index in [1.165, 1.54) is 0 Å². The lowest BCUT2D eigenvalue weighted by atomic mass is 10.0. The summed E-state index contributed by atoms with van der Waals surface area (Å²) in [6.07, 6.45) is 1.87. The van der Waals surface area contributed by atoms with E-state index >= 15 is 0 Å². The lowest BCUT2D eigenvalue weighted by Gasteiger charge is -2.22. The highest BCUT2D eigenvalue weighted by Crippen LogP contribution is 2.25. The van der Waals surface area contributed by atoms with Crippen LogP contribution in [0, 0.1) is 12.8 Å². The maximum Gasteiger partial charge on any atom is 0.182 e. The van der Waals surface area contributed by atoms with Crippen LogP contribution in [0.5, 0.6) is 0 Å². The molecule has 0 saturated heterocycles. The summed E-state index contributed by atoms with van der Waals surface area (Å²) in [5.74, 6) is 2.17. The monoisotopic (exact) mass is 247 g/mol. The molecule has 3 rings (SSSR count). The summed E-state index contributed by atoms with van der Waals surface area (Å²) in [6, 6.07) is 2.01. The summed E-state index contributed by atoms with van der Waals surface area (Å²) in [6.45, 7) is 2.98. The van der Waals surface area contributed by atoms with E-state index in [0.29, 0.717) is 5.92 Å². The first-order chi connectivity index (χ1) is 8.69. The fourth-order valence-corrected chi connectivity index (χ4v) is 2.55. The van der Waals surface area contributed by atoms with Crippen molar-refractivity contribution in [3.05, 3.63) is 17.6 Å². The minimum atomic E-state index is 0.224. The van der Waals surface area contributed by atoms with Gasteiger partial charge in [0.15, 0.2) is 5.82 Å². The highest BCUT2D eigenvalue weighted by molar-refractivity contribution is 5.51. The largest absolute Gasteiger partial charge is 0.396 e. The van der Waals surface area contributed by atoms with Gasteiger partial charge in [-0.25, -0.2) is 0 Å². The molecule has 1 unspecified atom stereocenters. The summed E-state index contributed by atoms with van der Waals surface area (Å²) < 4.78 is 3.94. The van der Waals surface area contributed by atoms with E-state index in [0.717, 1.165) is 42.4 Å². The molecule has 18 heavy (non-hydrogen) atoms. The molecule has 0 radical (unpaired) electrons. The second-order valence-electron chi connectivity index (χ2n) is 4.93. The van der Waals surface area contributed by atoms with E-state index in [2.05, 4.69) is 19.9 Å². The van der Waals surface area contributed by atoms with Crippen LogP contribution in [-0.2, 0) is 20.0 Å². The van der Waals surface area contributed by atoms with Crippen molar-refractivity contribution in [2.45, 2.75) is 26.3 Å². The molecule has 2 aromatic rings. The van der Waals surface area contributed by atoms with Crippen LogP contribution in [0.4, 0.5) is 0 Å². The molecule has 0 amide bonds. The number of aromatic nitrogens is 5. The minimum Gasteiger partial charge on any atom is -0.396 e. The van der Waals surface area contributed by atoms with Crippen LogP contribution in [0.1, 0.15) is 17.9 Å². The van der Waals surface area contributed by atoms with Crippen LogP contribution in [0.25, 0.3) is 11.5 Å². The van der Waals surface area contributed by atoms with Crippen molar-refractivity contribution in [3.63, 3.8) is 0 Å². The zero-order valence-electron chi connectivity index (χ0n) is 10.7. The summed E-state index contributed by atoms with van der Waals surface area (Å²) in [5.41, 5.74) is 1.95. The van der Waals surface area contributed by atoms with Crippen molar-refractivity contribution in [1.29, 1.82) is 0 Å². The van der Waals surface area contributed by atoms with E-state index in [4.69, 9.17) is 0 Å². The maximum absolute atomic E-state index is 9.30. The Morgan fingerprint density at radius 3 is 2.94 bits per heavy atom. The smallest absolute Gasteiger partial charge is 0.182 e. The first kappa shape index (κ1) is 11.4. The van der Waals surface area contributed by atoms with Gasteiger partial charge in [-0.3, -0.25) is 4.68 Å². The molecule has 2 aromatic heterocycles. The number of hydrogen-bond acceptors (Lipinski definition) is 4. The standard InChI is InChI=1S/C12H17N5O/c1-8-5-10(16(2)15-8)12-14-13-11-4-3-9(7-18)6-17(11)12/h5,9,18H,3-4,6-7H2,1-2H3. The van der Waals surface area contributed by atoms with Crippen molar-refractivity contribution < 1.29 is 5.11 Å². The minimum absolute atomic E-state index is 0.224. The third-order valence-corrected chi connectivity index (χ3v) is 3.53. The Morgan fingerprint density at radius 2 is 2.28 bits per heavy atom. The third-order valence-electron chi connectivity index (χ3n) is 3.53. The Morgan fingerprint density at radius 1 is 1.44 bits per heavy atom. The van der Waals surface area contributed by atoms with Gasteiger partial charge in [-0.05, 0) is 19.4 Å². The Balaban J connectivity index is 2.04. The number of aliphatic hydroxyl groups is 1. The average Bonchev–Trinajstić information content (AvgIpc) is 2.91. The van der Waals surface area contributed by atoms with Crippen molar-refractivity contribution in [1.82, 2.24) is 24.5 Å². The summed E-state index contributed by atoms with van der Waals surface area (Å²) >= 11 is 0. The number of aliphatic hydroxyl groups excluding tert-OH is 1. The average molecular weight is 247 g/mol. The molecule has 0 bridgehead atoms. The molecule has 6 nitrogen and oxygen atoms in total. The van der Waals surface area contributed by atoms with Gasteiger partial charge < -0.3 is 9.67 Å². The van der Waals surface area contributed by atoms with E-state index in [-0.39, 0.29) is 6.61 Å². The molecule has 1 atom stereocenters. The SMILES string of the molecule is Cc1cc(-c2nnc3n2CC(CO)CC3)n(C)n1. The highest BCUT2D eigenvalue weighted by atomic mass is 16.3. The van der Waals surface area contributed by atoms with Crippen LogP contribution in [-0.4, -0.2) is 36.3 Å². The molecule has 0 aliphatic carbocycles. The molecule has 0 spiro atoms. The molecule has 0 fully saturated rings. The van der Waals surface area contributed by atoms with Gasteiger partial charge in [-0.1, -0.05) is 0 Å². The fourth-order valence-electron chi connectivity index (χ4n) is 2.55. The van der Waals surface area contributed by atoms with Crippen LogP contribution >= 0.6 is 0 Å². The molecule has 0 saturated carbocycles. The summed E-state index contributed by atoms with van der Waals surface area (Å²) in [4.78, 5) is 0. The first-order valence-electron chi connectivity index (χ1n) is 6.23. The first-order valence-corrected chi connectivity index (χ1v) is 6.23. The lowest BCUT2D eigenvalue weighted by Crippen LogP contribution is -2.23. The third kappa shape index (κ3) is 1.73. The van der Waals surface area contributed by atoms with Gasteiger partial charge in [0.1, 0.15) is 11.5 Å². The number of aryl methyl sites for hydroxylation is 3. The van der Waals surface area contributed by atoms with Gasteiger partial charge in [0.05, 0.1) is 5.69 Å². The fraction of sp³-hybridized carbons (Fsp3) is 0.583. The predicted molar refractivity (Wildman–Crippen MR) is 65.9 cm³/mol. The molecule has 3 heterocycles. The topological polar surface area (TPSA) is 68.8 Å². The summed E-state index contributed by atoms with van der Waals surface area (Å²) in [5, 5.41) is 22.2. The number of fused-ring (bicyclic) bond motifs is 1. The molecule has 6 heteroatoms. The zero-order valence-corrected chi connectivity index (χ0v) is 10.7. The second kappa shape index (κ2) is 4.20. The molecule has 1 N–H and O–H groups in total. The van der Waals surface area contributed by atoms with Gasteiger partial charge >= 0.3 is 0 Å². The molecule has 1 aliphatic rings. The van der Waals surface area contributed by atoms with E-state index in [9.17, 15) is 5.11 Å². The Bertz CT molecular complexity index is 571. The van der Waals surface area contributed by atoms with Crippen LogP contribution in [0.3, 0.4) is 0 Å². The Kier molecular flexibility index (Phi) is 2.66.